The minimum Gasteiger partial charge on any atom is -0.321 e. The van der Waals surface area contributed by atoms with Crippen LogP contribution in [-0.2, 0) is 6.42 Å². The van der Waals surface area contributed by atoms with Crippen LogP contribution in [0.4, 0.5) is 0 Å². The SMILES string of the molecule is NC(CCc1ccccc1)c1nnc2cccnn12. The smallest absolute Gasteiger partial charge is 0.177 e. The van der Waals surface area contributed by atoms with E-state index in [2.05, 4.69) is 27.4 Å². The molecular weight excluding hydrogens is 238 g/mol. The lowest BCUT2D eigenvalue weighted by Crippen LogP contribution is -2.15. The Morgan fingerprint density at radius 2 is 1.89 bits per heavy atom. The van der Waals surface area contributed by atoms with Crippen molar-refractivity contribution in [2.24, 2.45) is 5.73 Å². The van der Waals surface area contributed by atoms with Crippen molar-refractivity contribution < 1.29 is 0 Å². The fraction of sp³-hybridized carbons (Fsp3) is 0.214. The van der Waals surface area contributed by atoms with Crippen molar-refractivity contribution in [3.63, 3.8) is 0 Å². The number of rotatable bonds is 4. The molecule has 3 rings (SSSR count). The monoisotopic (exact) mass is 253 g/mol. The van der Waals surface area contributed by atoms with Gasteiger partial charge in [0.1, 0.15) is 0 Å². The highest BCUT2D eigenvalue weighted by Crippen LogP contribution is 2.15. The summed E-state index contributed by atoms with van der Waals surface area (Å²) in [7, 11) is 0. The van der Waals surface area contributed by atoms with Gasteiger partial charge in [0.15, 0.2) is 11.5 Å². The van der Waals surface area contributed by atoms with Gasteiger partial charge in [-0.25, -0.2) is 0 Å². The zero-order valence-electron chi connectivity index (χ0n) is 10.5. The van der Waals surface area contributed by atoms with E-state index >= 15 is 0 Å². The summed E-state index contributed by atoms with van der Waals surface area (Å²) in [6, 6.07) is 13.8. The molecule has 2 aromatic heterocycles. The number of aryl methyl sites for hydroxylation is 1. The Balaban J connectivity index is 1.75. The molecule has 0 fully saturated rings. The van der Waals surface area contributed by atoms with Crippen LogP contribution in [0, 0.1) is 0 Å². The third kappa shape index (κ3) is 2.46. The highest BCUT2D eigenvalue weighted by Gasteiger charge is 2.14. The molecule has 2 heterocycles. The van der Waals surface area contributed by atoms with Crippen LogP contribution in [-0.4, -0.2) is 19.8 Å². The molecule has 0 bridgehead atoms. The molecule has 96 valence electrons. The van der Waals surface area contributed by atoms with E-state index in [1.54, 1.807) is 10.7 Å². The van der Waals surface area contributed by atoms with Crippen molar-refractivity contribution in [1.29, 1.82) is 0 Å². The van der Waals surface area contributed by atoms with Gasteiger partial charge in [0, 0.05) is 6.20 Å². The number of aromatic nitrogens is 4. The first-order chi connectivity index (χ1) is 9.34. The van der Waals surface area contributed by atoms with Crippen LogP contribution in [0.2, 0.25) is 0 Å². The van der Waals surface area contributed by atoms with Crippen LogP contribution in [0.25, 0.3) is 5.65 Å². The summed E-state index contributed by atoms with van der Waals surface area (Å²) in [6.45, 7) is 0. The average molecular weight is 253 g/mol. The summed E-state index contributed by atoms with van der Waals surface area (Å²) < 4.78 is 1.70. The fourth-order valence-electron chi connectivity index (χ4n) is 2.09. The number of benzene rings is 1. The third-order valence-corrected chi connectivity index (χ3v) is 3.12. The van der Waals surface area contributed by atoms with E-state index in [0.717, 1.165) is 18.5 Å². The second-order valence-electron chi connectivity index (χ2n) is 4.48. The number of nitrogens with zero attached hydrogens (tertiary/aromatic N) is 4. The predicted octanol–water partition coefficient (Wildman–Crippen LogP) is 1.76. The Kier molecular flexibility index (Phi) is 3.20. The first-order valence-corrected chi connectivity index (χ1v) is 6.30. The summed E-state index contributed by atoms with van der Waals surface area (Å²) in [6.07, 6.45) is 3.45. The molecule has 3 aromatic rings. The van der Waals surface area contributed by atoms with Crippen molar-refractivity contribution in [3.8, 4) is 0 Å². The Labute approximate surface area is 111 Å². The molecular formula is C14H15N5. The van der Waals surface area contributed by atoms with E-state index in [1.807, 2.05) is 30.3 Å². The Morgan fingerprint density at radius 1 is 1.05 bits per heavy atom. The first-order valence-electron chi connectivity index (χ1n) is 6.30. The topological polar surface area (TPSA) is 69.1 Å². The van der Waals surface area contributed by atoms with E-state index in [4.69, 9.17) is 5.73 Å². The quantitative estimate of drug-likeness (QED) is 0.769. The van der Waals surface area contributed by atoms with Gasteiger partial charge in [0.25, 0.3) is 0 Å². The molecule has 0 saturated heterocycles. The van der Waals surface area contributed by atoms with Crippen LogP contribution in [0.3, 0.4) is 0 Å². The number of hydrogen-bond acceptors (Lipinski definition) is 4. The third-order valence-electron chi connectivity index (χ3n) is 3.12. The zero-order chi connectivity index (χ0) is 13.1. The van der Waals surface area contributed by atoms with Crippen LogP contribution >= 0.6 is 0 Å². The highest BCUT2D eigenvalue weighted by molar-refractivity contribution is 5.35. The van der Waals surface area contributed by atoms with Crippen LogP contribution < -0.4 is 5.73 Å². The van der Waals surface area contributed by atoms with Crippen molar-refractivity contribution in [2.75, 3.05) is 0 Å². The minimum absolute atomic E-state index is 0.162. The van der Waals surface area contributed by atoms with Gasteiger partial charge in [-0.15, -0.1) is 10.2 Å². The molecule has 1 atom stereocenters. The molecule has 19 heavy (non-hydrogen) atoms. The Bertz CT molecular complexity index is 662. The zero-order valence-corrected chi connectivity index (χ0v) is 10.5. The molecule has 0 aliphatic heterocycles. The van der Waals surface area contributed by atoms with E-state index in [1.165, 1.54) is 5.56 Å². The molecule has 1 unspecified atom stereocenters. The number of fused-ring (bicyclic) bond motifs is 1. The summed E-state index contributed by atoms with van der Waals surface area (Å²) in [5.74, 6) is 0.714. The maximum absolute atomic E-state index is 6.19. The van der Waals surface area contributed by atoms with Crippen LogP contribution in [0.15, 0.2) is 48.7 Å². The average Bonchev–Trinajstić information content (AvgIpc) is 2.90. The second kappa shape index (κ2) is 5.16. The molecule has 0 radical (unpaired) electrons. The summed E-state index contributed by atoms with van der Waals surface area (Å²) in [4.78, 5) is 0. The second-order valence-corrected chi connectivity index (χ2v) is 4.48. The Morgan fingerprint density at radius 3 is 2.74 bits per heavy atom. The highest BCUT2D eigenvalue weighted by atomic mass is 15.4. The summed E-state index contributed by atoms with van der Waals surface area (Å²) >= 11 is 0. The van der Waals surface area contributed by atoms with Gasteiger partial charge in [-0.1, -0.05) is 30.3 Å². The van der Waals surface area contributed by atoms with Crippen molar-refractivity contribution in [2.45, 2.75) is 18.9 Å². The molecule has 1 aromatic carbocycles. The molecule has 0 amide bonds. The predicted molar refractivity (Wildman–Crippen MR) is 72.5 cm³/mol. The fourth-order valence-corrected chi connectivity index (χ4v) is 2.09. The van der Waals surface area contributed by atoms with Crippen LogP contribution in [0.1, 0.15) is 23.9 Å². The maximum Gasteiger partial charge on any atom is 0.177 e. The van der Waals surface area contributed by atoms with Gasteiger partial charge in [-0.3, -0.25) is 0 Å². The molecule has 0 aliphatic rings. The van der Waals surface area contributed by atoms with E-state index in [0.29, 0.717) is 5.82 Å². The van der Waals surface area contributed by atoms with Crippen LogP contribution in [0.5, 0.6) is 0 Å². The molecule has 5 heteroatoms. The largest absolute Gasteiger partial charge is 0.321 e. The minimum atomic E-state index is -0.162. The van der Waals surface area contributed by atoms with Crippen molar-refractivity contribution >= 4 is 5.65 Å². The lowest BCUT2D eigenvalue weighted by Gasteiger charge is -2.09. The van der Waals surface area contributed by atoms with E-state index in [9.17, 15) is 0 Å². The lowest BCUT2D eigenvalue weighted by atomic mass is 10.1. The number of hydrogen-bond donors (Lipinski definition) is 1. The van der Waals surface area contributed by atoms with Gasteiger partial charge >= 0.3 is 0 Å². The van der Waals surface area contributed by atoms with Gasteiger partial charge in [0.2, 0.25) is 0 Å². The van der Waals surface area contributed by atoms with Gasteiger partial charge < -0.3 is 5.73 Å². The standard InChI is InChI=1S/C14H15N5/c15-12(9-8-11-5-2-1-3-6-11)14-18-17-13-7-4-10-16-19(13)14/h1-7,10,12H,8-9,15H2. The Hall–Kier alpha value is -2.27. The van der Waals surface area contributed by atoms with Crippen molar-refractivity contribution in [3.05, 3.63) is 60.0 Å². The molecule has 0 saturated carbocycles. The molecule has 5 nitrogen and oxygen atoms in total. The summed E-state index contributed by atoms with van der Waals surface area (Å²) in [5, 5.41) is 12.4. The molecule has 0 spiro atoms. The lowest BCUT2D eigenvalue weighted by molar-refractivity contribution is 0.592. The van der Waals surface area contributed by atoms with Gasteiger partial charge in [-0.2, -0.15) is 9.61 Å². The van der Waals surface area contributed by atoms with Gasteiger partial charge in [-0.05, 0) is 30.5 Å². The molecule has 2 N–H and O–H groups in total. The van der Waals surface area contributed by atoms with Gasteiger partial charge in [0.05, 0.1) is 6.04 Å². The molecule has 0 aliphatic carbocycles. The maximum atomic E-state index is 6.19. The summed E-state index contributed by atoms with van der Waals surface area (Å²) in [5.41, 5.74) is 8.20. The number of nitrogens with two attached hydrogens (primary N) is 1. The normalized spacial score (nSPS) is 12.7. The first kappa shape index (κ1) is 11.8. The van der Waals surface area contributed by atoms with E-state index in [-0.39, 0.29) is 6.04 Å². The van der Waals surface area contributed by atoms with Crippen molar-refractivity contribution in [1.82, 2.24) is 19.8 Å². The van der Waals surface area contributed by atoms with E-state index < -0.39 is 0 Å².